The van der Waals surface area contributed by atoms with E-state index < -0.39 is 0 Å². The molecule has 70 valence electrons. The highest BCUT2D eigenvalue weighted by Gasteiger charge is 2.12. The number of allylic oxidation sites excluding steroid dienone is 1. The lowest BCUT2D eigenvalue weighted by Crippen LogP contribution is -2.33. The molecule has 4 heteroatoms. The Morgan fingerprint density at radius 3 is 2.79 bits per heavy atom. The van der Waals surface area contributed by atoms with E-state index in [4.69, 9.17) is 0 Å². The minimum atomic E-state index is -0.287. The van der Waals surface area contributed by atoms with Crippen LogP contribution in [0.3, 0.4) is 0 Å². The number of hydrogen-bond donors (Lipinski definition) is 0. The van der Waals surface area contributed by atoms with Gasteiger partial charge in [-0.3, -0.25) is 4.79 Å². The van der Waals surface area contributed by atoms with Gasteiger partial charge in [-0.15, -0.1) is 0 Å². The molecule has 0 bridgehead atoms. The Balaban J connectivity index is 2.80. The fourth-order valence-electron chi connectivity index (χ4n) is 1.20. The SMILES string of the molecule is CC(C)=C1N=c2ncccc2=NC1=O. The number of amides is 1. The second-order valence-electron chi connectivity index (χ2n) is 3.22. The fourth-order valence-corrected chi connectivity index (χ4v) is 1.20. The summed E-state index contributed by atoms with van der Waals surface area (Å²) < 4.78 is 0. The van der Waals surface area contributed by atoms with Gasteiger partial charge in [0.25, 0.3) is 5.91 Å². The first-order chi connectivity index (χ1) is 6.68. The maximum Gasteiger partial charge on any atom is 0.296 e. The Labute approximate surface area is 80.7 Å². The first kappa shape index (κ1) is 8.74. The van der Waals surface area contributed by atoms with Crippen molar-refractivity contribution < 1.29 is 4.79 Å². The maximum atomic E-state index is 11.5. The molecule has 1 aliphatic heterocycles. The van der Waals surface area contributed by atoms with Crippen LogP contribution in [-0.2, 0) is 4.79 Å². The van der Waals surface area contributed by atoms with E-state index in [0.29, 0.717) is 16.5 Å². The average Bonchev–Trinajstić information content (AvgIpc) is 2.16. The number of hydrogen-bond acceptors (Lipinski definition) is 3. The zero-order chi connectivity index (χ0) is 10.1. The molecule has 0 fully saturated rings. The number of aromatic nitrogens is 1. The van der Waals surface area contributed by atoms with Crippen molar-refractivity contribution in [2.24, 2.45) is 9.98 Å². The van der Waals surface area contributed by atoms with Crippen molar-refractivity contribution in [3.05, 3.63) is 40.4 Å². The maximum absolute atomic E-state index is 11.5. The molecule has 0 saturated heterocycles. The molecule has 0 saturated carbocycles. The van der Waals surface area contributed by atoms with Crippen molar-refractivity contribution >= 4 is 5.91 Å². The number of pyridine rings is 1. The summed E-state index contributed by atoms with van der Waals surface area (Å²) in [7, 11) is 0. The van der Waals surface area contributed by atoms with E-state index in [1.807, 2.05) is 13.8 Å². The molecule has 1 aromatic heterocycles. The highest BCUT2D eigenvalue weighted by molar-refractivity contribution is 5.94. The number of carbonyl (C=O) groups is 1. The van der Waals surface area contributed by atoms with Gasteiger partial charge in [0.05, 0.1) is 0 Å². The quantitative estimate of drug-likeness (QED) is 0.543. The van der Waals surface area contributed by atoms with Gasteiger partial charge in [0.15, 0.2) is 5.49 Å². The lowest BCUT2D eigenvalue weighted by molar-refractivity contribution is -0.114. The Morgan fingerprint density at radius 1 is 1.29 bits per heavy atom. The van der Waals surface area contributed by atoms with E-state index in [0.717, 1.165) is 5.57 Å². The van der Waals surface area contributed by atoms with Gasteiger partial charge in [0, 0.05) is 6.20 Å². The van der Waals surface area contributed by atoms with Crippen LogP contribution in [0.15, 0.2) is 39.6 Å². The predicted octanol–water partition coefficient (Wildman–Crippen LogP) is 0.155. The molecule has 0 atom stereocenters. The molecule has 2 heterocycles. The van der Waals surface area contributed by atoms with Gasteiger partial charge in [0.2, 0.25) is 0 Å². The average molecular weight is 187 g/mol. The molecule has 4 nitrogen and oxygen atoms in total. The summed E-state index contributed by atoms with van der Waals surface area (Å²) in [5.41, 5.74) is 1.77. The van der Waals surface area contributed by atoms with Crippen molar-refractivity contribution in [2.45, 2.75) is 13.8 Å². The van der Waals surface area contributed by atoms with Gasteiger partial charge in [-0.25, -0.2) is 15.0 Å². The summed E-state index contributed by atoms with van der Waals surface area (Å²) in [6.07, 6.45) is 1.64. The molecule has 0 aliphatic carbocycles. The predicted molar refractivity (Wildman–Crippen MR) is 49.9 cm³/mol. The first-order valence-electron chi connectivity index (χ1n) is 4.29. The van der Waals surface area contributed by atoms with Gasteiger partial charge in [-0.05, 0) is 31.6 Å². The second-order valence-corrected chi connectivity index (χ2v) is 3.22. The molecule has 0 N–H and O–H groups in total. The van der Waals surface area contributed by atoms with Crippen LogP contribution in [0.25, 0.3) is 0 Å². The van der Waals surface area contributed by atoms with Crippen molar-refractivity contribution in [2.75, 3.05) is 0 Å². The van der Waals surface area contributed by atoms with Crippen LogP contribution >= 0.6 is 0 Å². The van der Waals surface area contributed by atoms with Crippen LogP contribution in [0.1, 0.15) is 13.8 Å². The molecule has 0 unspecified atom stereocenters. The Morgan fingerprint density at radius 2 is 2.07 bits per heavy atom. The Bertz CT molecular complexity index is 539. The van der Waals surface area contributed by atoms with Gasteiger partial charge in [-0.2, -0.15) is 0 Å². The third-order valence-electron chi connectivity index (χ3n) is 1.88. The van der Waals surface area contributed by atoms with Crippen LogP contribution < -0.4 is 10.8 Å². The minimum absolute atomic E-state index is 0.287. The zero-order valence-electron chi connectivity index (χ0n) is 7.98. The summed E-state index contributed by atoms with van der Waals surface area (Å²) in [5.74, 6) is -0.287. The molecule has 0 radical (unpaired) electrons. The van der Waals surface area contributed by atoms with Crippen molar-refractivity contribution in [1.82, 2.24) is 4.98 Å². The number of carbonyl (C=O) groups excluding carboxylic acids is 1. The molecular weight excluding hydrogens is 178 g/mol. The van der Waals surface area contributed by atoms with E-state index in [-0.39, 0.29) is 5.91 Å². The molecule has 14 heavy (non-hydrogen) atoms. The molecule has 1 aliphatic rings. The van der Waals surface area contributed by atoms with E-state index >= 15 is 0 Å². The summed E-state index contributed by atoms with van der Waals surface area (Å²) in [6.45, 7) is 3.67. The fraction of sp³-hybridized carbons (Fsp3) is 0.200. The minimum Gasteiger partial charge on any atom is -0.265 e. The van der Waals surface area contributed by atoms with E-state index in [2.05, 4.69) is 15.0 Å². The second kappa shape index (κ2) is 3.14. The third kappa shape index (κ3) is 1.35. The van der Waals surface area contributed by atoms with Crippen LogP contribution in [0, 0.1) is 0 Å². The van der Waals surface area contributed by atoms with Crippen LogP contribution in [0.5, 0.6) is 0 Å². The topological polar surface area (TPSA) is 54.7 Å². The number of fused-ring (bicyclic) bond motifs is 1. The summed E-state index contributed by atoms with van der Waals surface area (Å²) in [6, 6.07) is 3.46. The summed E-state index contributed by atoms with van der Waals surface area (Å²) >= 11 is 0. The van der Waals surface area contributed by atoms with Crippen molar-refractivity contribution in [3.8, 4) is 0 Å². The molecule has 1 aromatic rings. The van der Waals surface area contributed by atoms with Gasteiger partial charge >= 0.3 is 0 Å². The normalized spacial score (nSPS) is 14.1. The highest BCUT2D eigenvalue weighted by Crippen LogP contribution is 2.06. The van der Waals surface area contributed by atoms with E-state index in [9.17, 15) is 4.79 Å². The molecular formula is C10H9N3O. The van der Waals surface area contributed by atoms with Crippen LogP contribution in [0.2, 0.25) is 0 Å². The van der Waals surface area contributed by atoms with E-state index in [1.54, 1.807) is 18.3 Å². The Kier molecular flexibility index (Phi) is 1.96. The Hall–Kier alpha value is -1.84. The van der Waals surface area contributed by atoms with Gasteiger partial charge in [0.1, 0.15) is 11.1 Å². The highest BCUT2D eigenvalue weighted by atomic mass is 16.1. The summed E-state index contributed by atoms with van der Waals surface area (Å²) in [5, 5.41) is 0.544. The van der Waals surface area contributed by atoms with Crippen LogP contribution in [0.4, 0.5) is 0 Å². The smallest absolute Gasteiger partial charge is 0.265 e. The van der Waals surface area contributed by atoms with Gasteiger partial charge in [-0.1, -0.05) is 0 Å². The first-order valence-corrected chi connectivity index (χ1v) is 4.29. The monoisotopic (exact) mass is 187 g/mol. The molecule has 0 spiro atoms. The van der Waals surface area contributed by atoms with Crippen LogP contribution in [-0.4, -0.2) is 10.9 Å². The van der Waals surface area contributed by atoms with Crippen molar-refractivity contribution in [3.63, 3.8) is 0 Å². The lowest BCUT2D eigenvalue weighted by atomic mass is 10.2. The number of nitrogens with zero attached hydrogens (tertiary/aromatic N) is 3. The number of rotatable bonds is 0. The lowest BCUT2D eigenvalue weighted by Gasteiger charge is -2.02. The van der Waals surface area contributed by atoms with E-state index in [1.165, 1.54) is 0 Å². The summed E-state index contributed by atoms with van der Waals surface area (Å²) in [4.78, 5) is 23.5. The standard InChI is InChI=1S/C10H9N3O/c1-6(2)8-10(14)12-7-4-3-5-11-9(7)13-8/h3-5H,1-2H3. The molecule has 0 aromatic carbocycles. The van der Waals surface area contributed by atoms with Gasteiger partial charge < -0.3 is 0 Å². The zero-order valence-corrected chi connectivity index (χ0v) is 7.98. The molecule has 2 rings (SSSR count). The third-order valence-corrected chi connectivity index (χ3v) is 1.88. The molecule has 1 amide bonds. The van der Waals surface area contributed by atoms with Crippen molar-refractivity contribution in [1.29, 1.82) is 0 Å². The largest absolute Gasteiger partial charge is 0.296 e.